The molecule has 5 heterocycles. The Hall–Kier alpha value is -4.69. The average molecular weight is 992 g/mol. The highest BCUT2D eigenvalue weighted by atomic mass is 16.7. The predicted octanol–water partition coefficient (Wildman–Crippen LogP) is 3.08. The maximum Gasteiger partial charge on any atom is 0.315 e. The predicted molar refractivity (Wildman–Crippen MR) is 269 cm³/mol. The summed E-state index contributed by atoms with van der Waals surface area (Å²) in [4.78, 5) is 67.6. The van der Waals surface area contributed by atoms with Gasteiger partial charge in [0.1, 0.15) is 23.9 Å². The molecule has 6 rings (SSSR count). The summed E-state index contributed by atoms with van der Waals surface area (Å²) in [6, 6.07) is 0. The number of rotatable bonds is 10. The Labute approximate surface area is 420 Å². The third-order valence-corrected chi connectivity index (χ3v) is 15.3. The van der Waals surface area contributed by atoms with E-state index in [9.17, 15) is 34.5 Å². The van der Waals surface area contributed by atoms with Gasteiger partial charge in [0, 0.05) is 127 Å². The van der Waals surface area contributed by atoms with Gasteiger partial charge in [-0.05, 0) is 38.5 Å². The highest BCUT2D eigenvalue weighted by Crippen LogP contribution is 2.48. The molecule has 0 radical (unpaired) electrons. The van der Waals surface area contributed by atoms with E-state index in [0.29, 0.717) is 48.8 Å². The van der Waals surface area contributed by atoms with Crippen LogP contribution < -0.4 is 16.0 Å². The second kappa shape index (κ2) is 23.0. The summed E-state index contributed by atoms with van der Waals surface area (Å²) in [5, 5.41) is 45.1. The molecule has 18 nitrogen and oxygen atoms in total. The Morgan fingerprint density at radius 1 is 0.972 bits per heavy atom. The number of fused-ring (bicyclic) bond motifs is 2. The number of hydrogen-bond donors (Lipinski definition) is 6. The summed E-state index contributed by atoms with van der Waals surface area (Å²) < 4.78 is 24.7. The van der Waals surface area contributed by atoms with Crippen LogP contribution in [0.3, 0.4) is 0 Å². The molecule has 3 bridgehead atoms. The number of piperidine rings is 1. The maximum absolute atomic E-state index is 14.8. The molecule has 0 aromatic rings. The number of aliphatic hydroxyl groups excluding tert-OH is 2. The Morgan fingerprint density at radius 3 is 2.30 bits per heavy atom. The van der Waals surface area contributed by atoms with Crippen LogP contribution in [-0.2, 0) is 38.1 Å². The first kappa shape index (κ1) is 55.6. The number of hydrogen-bond acceptors (Lipinski definition) is 16. The molecule has 0 saturated carbocycles. The molecular weight excluding hydrogens is 911 g/mol. The van der Waals surface area contributed by atoms with Crippen molar-refractivity contribution in [3.05, 3.63) is 70.9 Å². The number of ether oxygens (including phenoxy) is 4. The van der Waals surface area contributed by atoms with Crippen molar-refractivity contribution < 1.29 is 53.4 Å². The van der Waals surface area contributed by atoms with Gasteiger partial charge in [-0.25, -0.2) is 0 Å². The summed E-state index contributed by atoms with van der Waals surface area (Å²) >= 11 is 0. The minimum Gasteiger partial charge on any atom is -0.461 e. The van der Waals surface area contributed by atoms with E-state index in [0.717, 1.165) is 45.8 Å². The SMILES string of the molecule is C=C1NC2(CCN(CC(C)C)CC2)N=C1C1=C2C(=O)[C@@]3(C)O/C=C/[C@H](OC)[C@@H](C)[C@@H](OC(=O)CC(=O)NCCN4CCN(C)CC4)[C@H](C)[C@H](O)[C@H](C)[C@@H](O)[C@@H](C)/C=C/C=C(/C)C(=O)NC(O)(C1)C(C)=C2O3. The molecule has 0 aromatic carbocycles. The van der Waals surface area contributed by atoms with Gasteiger partial charge in [0.25, 0.3) is 5.78 Å². The molecule has 10 atom stereocenters. The zero-order valence-electron chi connectivity index (χ0n) is 43.9. The molecule has 71 heavy (non-hydrogen) atoms. The molecule has 6 N–H and O–H groups in total. The molecule has 1 spiro atoms. The zero-order valence-corrected chi connectivity index (χ0v) is 43.9. The third-order valence-electron chi connectivity index (χ3n) is 15.3. The van der Waals surface area contributed by atoms with Gasteiger partial charge in [-0.15, -0.1) is 0 Å². The van der Waals surface area contributed by atoms with Crippen molar-refractivity contribution in [2.45, 2.75) is 130 Å². The molecule has 6 aliphatic rings. The zero-order chi connectivity index (χ0) is 52.2. The number of allylic oxidation sites excluding steroid dienone is 4. The highest BCUT2D eigenvalue weighted by Gasteiger charge is 2.56. The van der Waals surface area contributed by atoms with Gasteiger partial charge in [0.15, 0.2) is 5.72 Å². The van der Waals surface area contributed by atoms with Crippen LogP contribution in [-0.4, -0.2) is 174 Å². The van der Waals surface area contributed by atoms with Crippen LogP contribution in [0.25, 0.3) is 0 Å². The van der Waals surface area contributed by atoms with Crippen molar-refractivity contribution in [2.75, 3.05) is 73.1 Å². The van der Waals surface area contributed by atoms with Crippen molar-refractivity contribution in [3.8, 4) is 0 Å². The number of carbonyl (C=O) groups excluding carboxylic acids is 4. The fourth-order valence-electron chi connectivity index (χ4n) is 10.6. The Morgan fingerprint density at radius 2 is 1.65 bits per heavy atom. The molecule has 5 aliphatic heterocycles. The second-order valence-electron chi connectivity index (χ2n) is 21.4. The second-order valence-corrected chi connectivity index (χ2v) is 21.4. The van der Waals surface area contributed by atoms with Gasteiger partial charge in [-0.2, -0.15) is 0 Å². The molecule has 18 heteroatoms. The van der Waals surface area contributed by atoms with Crippen molar-refractivity contribution >= 4 is 29.3 Å². The average Bonchev–Trinajstić information content (AvgIpc) is 3.78. The summed E-state index contributed by atoms with van der Waals surface area (Å²) in [6.45, 7) is 27.6. The first-order chi connectivity index (χ1) is 33.4. The van der Waals surface area contributed by atoms with Crippen LogP contribution in [0.5, 0.6) is 0 Å². The number of Topliss-reactive ketones (excluding diaryl/α,β-unsaturated/α-hetero) is 1. The quantitative estimate of drug-likeness (QED) is 0.137. The Bertz CT molecular complexity index is 2200. The van der Waals surface area contributed by atoms with E-state index in [1.54, 1.807) is 65.8 Å². The fourth-order valence-corrected chi connectivity index (χ4v) is 10.6. The highest BCUT2D eigenvalue weighted by molar-refractivity contribution is 6.21. The topological polar surface area (TPSA) is 224 Å². The lowest BCUT2D eigenvalue weighted by molar-refractivity contribution is -0.170. The lowest BCUT2D eigenvalue weighted by Gasteiger charge is -2.38. The third kappa shape index (κ3) is 12.7. The van der Waals surface area contributed by atoms with E-state index in [-0.39, 0.29) is 28.9 Å². The summed E-state index contributed by atoms with van der Waals surface area (Å²) in [7, 11) is 3.53. The van der Waals surface area contributed by atoms with E-state index >= 15 is 0 Å². The van der Waals surface area contributed by atoms with Crippen molar-refractivity contribution in [1.82, 2.24) is 30.7 Å². The normalized spacial score (nSPS) is 35.4. The number of aliphatic hydroxyl groups is 3. The number of amides is 2. The molecule has 1 unspecified atom stereocenters. The largest absolute Gasteiger partial charge is 0.461 e. The number of nitrogens with one attached hydrogen (secondary N) is 3. The van der Waals surface area contributed by atoms with E-state index in [2.05, 4.69) is 58.1 Å². The van der Waals surface area contributed by atoms with Crippen molar-refractivity contribution in [2.24, 2.45) is 34.6 Å². The van der Waals surface area contributed by atoms with Gasteiger partial charge in [-0.1, -0.05) is 66.3 Å². The van der Waals surface area contributed by atoms with Crippen LogP contribution >= 0.6 is 0 Å². The lowest BCUT2D eigenvalue weighted by atomic mass is 9.78. The number of aliphatic imine (C=N–C) groups is 1. The summed E-state index contributed by atoms with van der Waals surface area (Å²) in [6.07, 6.45) is 4.14. The van der Waals surface area contributed by atoms with Gasteiger partial charge >= 0.3 is 11.8 Å². The number of likely N-dealkylation sites (tertiary alicyclic amines) is 1. The van der Waals surface area contributed by atoms with E-state index in [4.69, 9.17) is 23.9 Å². The van der Waals surface area contributed by atoms with Crippen LogP contribution in [0.2, 0.25) is 0 Å². The number of methoxy groups -OCH3 is 1. The molecule has 3 fully saturated rings. The molecule has 3 saturated heterocycles. The molecule has 0 aromatic heterocycles. The maximum atomic E-state index is 14.8. The van der Waals surface area contributed by atoms with Gasteiger partial charge in [0.2, 0.25) is 11.8 Å². The Balaban J connectivity index is 1.32. The first-order valence-electron chi connectivity index (χ1n) is 25.4. The molecule has 394 valence electrons. The number of nitrogens with zero attached hydrogens (tertiary/aromatic N) is 4. The van der Waals surface area contributed by atoms with Crippen molar-refractivity contribution in [1.29, 1.82) is 0 Å². The van der Waals surface area contributed by atoms with Gasteiger partial charge in [-0.3, -0.25) is 29.1 Å². The van der Waals surface area contributed by atoms with Gasteiger partial charge in [0.05, 0.1) is 41.6 Å². The number of carbonyl (C=O) groups is 4. The van der Waals surface area contributed by atoms with Crippen LogP contribution in [0.15, 0.2) is 75.9 Å². The van der Waals surface area contributed by atoms with Crippen LogP contribution in [0.1, 0.15) is 88.0 Å². The smallest absolute Gasteiger partial charge is 0.315 e. The number of likely N-dealkylation sites (N-methyl/N-ethyl adjacent to an activating group) is 1. The summed E-state index contributed by atoms with van der Waals surface area (Å²) in [5.74, 6) is -6.59. The molecule has 2 amide bonds. The lowest BCUT2D eigenvalue weighted by Crippen LogP contribution is -2.52. The Kier molecular flexibility index (Phi) is 18.0. The minimum absolute atomic E-state index is 0.0357. The van der Waals surface area contributed by atoms with Crippen LogP contribution in [0, 0.1) is 29.6 Å². The van der Waals surface area contributed by atoms with Crippen LogP contribution in [0.4, 0.5) is 0 Å². The monoisotopic (exact) mass is 992 g/mol. The van der Waals surface area contributed by atoms with E-state index in [1.165, 1.54) is 20.3 Å². The number of piperazine rings is 1. The number of esters is 1. The van der Waals surface area contributed by atoms with Crippen molar-refractivity contribution in [3.63, 3.8) is 0 Å². The standard InChI is InChI=1S/C53H81N7O11/c1-31(2)30-60-20-17-52(18-21-60)55-38(9)44(56-52)39-29-53(67)37(8)48-43(39)49(65)51(10,71-48)69-27-16-40(68-12)34(5)47(70-42(62)28-41(61)54-19-22-59-25-23-58(11)24-26-59)36(7)46(64)35(6)45(63)32(3)14-13-15-33(4)50(66)57-53/h13-16,27,31-32,34-36,40,45-47,55,63-64,67H,9,17-26,28-30H2,1-8,10-12H3,(H,54,61)(H,57,66)/b14-13+,27-16+,33-15-/t32-,34+,35+,36+,40-,45-,46+,47+,51-,53?/m0/s1. The van der Waals surface area contributed by atoms with E-state index < -0.39 is 95.3 Å². The molecule has 1 aliphatic carbocycles. The number of ketones is 1. The fraction of sp³-hybridized carbons (Fsp3) is 0.679. The van der Waals surface area contributed by atoms with Gasteiger partial charge < -0.3 is 60.0 Å². The summed E-state index contributed by atoms with van der Waals surface area (Å²) in [5.41, 5.74) is -0.908. The molecular formula is C53H81N7O11. The van der Waals surface area contributed by atoms with E-state index in [1.807, 2.05) is 0 Å². The first-order valence-corrected chi connectivity index (χ1v) is 25.4. The minimum atomic E-state index is -2.04.